The van der Waals surface area contributed by atoms with E-state index in [9.17, 15) is 12.8 Å². The topological polar surface area (TPSA) is 55.4 Å². The third kappa shape index (κ3) is 3.72. The van der Waals surface area contributed by atoms with Crippen LogP contribution < -0.4 is 9.46 Å². The minimum atomic E-state index is -3.64. The van der Waals surface area contributed by atoms with Crippen LogP contribution in [0.4, 0.5) is 4.39 Å². The highest BCUT2D eigenvalue weighted by Crippen LogP contribution is 2.19. The molecule has 6 heteroatoms. The molecule has 0 aromatic heterocycles. The van der Waals surface area contributed by atoms with E-state index in [1.807, 2.05) is 24.3 Å². The molecular formula is C18H16FNO3S. The second kappa shape index (κ2) is 6.98. The number of benzene rings is 3. The number of sulfonamides is 1. The highest BCUT2D eigenvalue weighted by atomic mass is 32.2. The number of para-hydroxylation sites is 1. The van der Waals surface area contributed by atoms with Gasteiger partial charge in [0.25, 0.3) is 0 Å². The zero-order valence-corrected chi connectivity index (χ0v) is 13.6. The minimum absolute atomic E-state index is 0.0355. The van der Waals surface area contributed by atoms with Gasteiger partial charge in [0, 0.05) is 6.54 Å². The molecule has 0 bridgehead atoms. The van der Waals surface area contributed by atoms with Crippen molar-refractivity contribution in [1.82, 2.24) is 4.72 Å². The van der Waals surface area contributed by atoms with Crippen LogP contribution in [0.25, 0.3) is 10.8 Å². The Kier molecular flexibility index (Phi) is 4.78. The fourth-order valence-corrected chi connectivity index (χ4v) is 3.36. The van der Waals surface area contributed by atoms with Crippen LogP contribution in [-0.4, -0.2) is 21.6 Å². The Morgan fingerprint density at radius 2 is 1.62 bits per heavy atom. The van der Waals surface area contributed by atoms with E-state index in [1.165, 1.54) is 12.1 Å². The van der Waals surface area contributed by atoms with Gasteiger partial charge in [-0.1, -0.05) is 42.5 Å². The molecule has 3 aromatic rings. The van der Waals surface area contributed by atoms with Crippen LogP contribution in [0, 0.1) is 5.82 Å². The predicted molar refractivity (Wildman–Crippen MR) is 91.0 cm³/mol. The molecule has 1 N–H and O–H groups in total. The van der Waals surface area contributed by atoms with Crippen molar-refractivity contribution < 1.29 is 17.5 Å². The highest BCUT2D eigenvalue weighted by molar-refractivity contribution is 7.89. The lowest BCUT2D eigenvalue weighted by atomic mass is 10.1. The summed E-state index contributed by atoms with van der Waals surface area (Å²) in [6.07, 6.45) is 0. The van der Waals surface area contributed by atoms with Crippen molar-refractivity contribution in [2.75, 3.05) is 13.2 Å². The maximum Gasteiger partial charge on any atom is 0.240 e. The standard InChI is InChI=1S/C18H16FNO3S/c19-17-7-3-4-8-18(17)23-12-11-20-24(21,22)16-10-9-14-5-1-2-6-15(14)13-16/h1-10,13,20H,11-12H2. The molecule has 0 heterocycles. The number of fused-ring (bicyclic) bond motifs is 1. The van der Waals surface area contributed by atoms with Gasteiger partial charge in [-0.05, 0) is 35.0 Å². The van der Waals surface area contributed by atoms with Gasteiger partial charge in [0.15, 0.2) is 11.6 Å². The summed E-state index contributed by atoms with van der Waals surface area (Å²) in [5.41, 5.74) is 0. The summed E-state index contributed by atoms with van der Waals surface area (Å²) in [5.74, 6) is -0.378. The van der Waals surface area contributed by atoms with Crippen molar-refractivity contribution in [3.8, 4) is 5.75 Å². The quantitative estimate of drug-likeness (QED) is 0.697. The predicted octanol–water partition coefficient (Wildman–Crippen LogP) is 3.34. The monoisotopic (exact) mass is 345 g/mol. The summed E-state index contributed by atoms with van der Waals surface area (Å²) in [5, 5.41) is 1.82. The molecule has 0 unspecified atom stereocenters. The van der Waals surface area contributed by atoms with E-state index in [2.05, 4.69) is 4.72 Å². The smallest absolute Gasteiger partial charge is 0.240 e. The third-order valence-electron chi connectivity index (χ3n) is 3.52. The lowest BCUT2D eigenvalue weighted by Gasteiger charge is -2.09. The SMILES string of the molecule is O=S(=O)(NCCOc1ccccc1F)c1ccc2ccccc2c1. The number of hydrogen-bond acceptors (Lipinski definition) is 3. The molecule has 0 aliphatic carbocycles. The molecule has 3 rings (SSSR count). The molecular weight excluding hydrogens is 329 g/mol. The van der Waals surface area contributed by atoms with Crippen LogP contribution in [0.2, 0.25) is 0 Å². The molecule has 0 saturated heterocycles. The van der Waals surface area contributed by atoms with Gasteiger partial charge >= 0.3 is 0 Å². The fraction of sp³-hybridized carbons (Fsp3) is 0.111. The van der Waals surface area contributed by atoms with E-state index in [0.717, 1.165) is 10.8 Å². The van der Waals surface area contributed by atoms with E-state index in [0.29, 0.717) is 0 Å². The first-order valence-corrected chi connectivity index (χ1v) is 8.90. The first-order valence-electron chi connectivity index (χ1n) is 7.42. The van der Waals surface area contributed by atoms with Gasteiger partial charge in [-0.3, -0.25) is 0 Å². The van der Waals surface area contributed by atoms with Crippen molar-refractivity contribution in [3.05, 3.63) is 72.5 Å². The van der Waals surface area contributed by atoms with Gasteiger partial charge in [-0.15, -0.1) is 0 Å². The number of hydrogen-bond donors (Lipinski definition) is 1. The van der Waals surface area contributed by atoms with Crippen LogP contribution in [0.5, 0.6) is 5.75 Å². The summed E-state index contributed by atoms with van der Waals surface area (Å²) in [7, 11) is -3.64. The fourth-order valence-electron chi connectivity index (χ4n) is 2.32. The molecule has 0 aliphatic rings. The van der Waals surface area contributed by atoms with Crippen LogP contribution >= 0.6 is 0 Å². The normalized spacial score (nSPS) is 11.5. The molecule has 3 aromatic carbocycles. The van der Waals surface area contributed by atoms with Crippen LogP contribution in [-0.2, 0) is 10.0 Å². The molecule has 0 radical (unpaired) electrons. The van der Waals surface area contributed by atoms with Crippen molar-refractivity contribution >= 4 is 20.8 Å². The van der Waals surface area contributed by atoms with E-state index in [1.54, 1.807) is 30.3 Å². The van der Waals surface area contributed by atoms with Crippen molar-refractivity contribution in [2.45, 2.75) is 4.90 Å². The number of rotatable bonds is 6. The van der Waals surface area contributed by atoms with Crippen LogP contribution in [0.3, 0.4) is 0 Å². The number of ether oxygens (including phenoxy) is 1. The minimum Gasteiger partial charge on any atom is -0.489 e. The molecule has 0 spiro atoms. The van der Waals surface area contributed by atoms with Gasteiger partial charge < -0.3 is 4.74 Å². The van der Waals surface area contributed by atoms with E-state index < -0.39 is 15.8 Å². The summed E-state index contributed by atoms with van der Waals surface area (Å²) in [6.45, 7) is 0.0806. The summed E-state index contributed by atoms with van der Waals surface area (Å²) < 4.78 is 45.7. The van der Waals surface area contributed by atoms with Crippen molar-refractivity contribution in [3.63, 3.8) is 0 Å². The van der Waals surface area contributed by atoms with Crippen LogP contribution in [0.1, 0.15) is 0 Å². The Labute approximate surface area is 139 Å². The average Bonchev–Trinajstić information content (AvgIpc) is 2.59. The lowest BCUT2D eigenvalue weighted by molar-refractivity contribution is 0.306. The Morgan fingerprint density at radius 1 is 0.917 bits per heavy atom. The highest BCUT2D eigenvalue weighted by Gasteiger charge is 2.14. The first kappa shape index (κ1) is 16.4. The third-order valence-corrected chi connectivity index (χ3v) is 4.98. The Morgan fingerprint density at radius 3 is 2.42 bits per heavy atom. The van der Waals surface area contributed by atoms with Crippen molar-refractivity contribution in [1.29, 1.82) is 0 Å². The molecule has 124 valence electrons. The summed E-state index contributed by atoms with van der Waals surface area (Å²) in [4.78, 5) is 0.187. The molecule has 24 heavy (non-hydrogen) atoms. The number of halogens is 1. The maximum atomic E-state index is 13.4. The maximum absolute atomic E-state index is 13.4. The summed E-state index contributed by atoms with van der Waals surface area (Å²) >= 11 is 0. The Balaban J connectivity index is 1.64. The molecule has 4 nitrogen and oxygen atoms in total. The van der Waals surface area contributed by atoms with Gasteiger partial charge in [0.05, 0.1) is 4.90 Å². The second-order valence-corrected chi connectivity index (χ2v) is 6.95. The van der Waals surface area contributed by atoms with Gasteiger partial charge in [0.2, 0.25) is 10.0 Å². The molecule has 0 atom stereocenters. The molecule has 0 saturated carbocycles. The largest absolute Gasteiger partial charge is 0.489 e. The Hall–Kier alpha value is -2.44. The average molecular weight is 345 g/mol. The van der Waals surface area contributed by atoms with Crippen molar-refractivity contribution in [2.24, 2.45) is 0 Å². The zero-order valence-electron chi connectivity index (χ0n) is 12.8. The van der Waals surface area contributed by atoms with Gasteiger partial charge in [0.1, 0.15) is 6.61 Å². The molecule has 0 fully saturated rings. The Bertz CT molecular complexity index is 957. The molecule has 0 aliphatic heterocycles. The van der Waals surface area contributed by atoms with Crippen LogP contribution in [0.15, 0.2) is 71.6 Å². The van der Waals surface area contributed by atoms with E-state index >= 15 is 0 Å². The van der Waals surface area contributed by atoms with Gasteiger partial charge in [-0.2, -0.15) is 0 Å². The lowest BCUT2D eigenvalue weighted by Crippen LogP contribution is -2.28. The zero-order chi connectivity index (χ0) is 17.0. The number of nitrogens with one attached hydrogen (secondary N) is 1. The second-order valence-electron chi connectivity index (χ2n) is 5.19. The molecule has 0 amide bonds. The van der Waals surface area contributed by atoms with Gasteiger partial charge in [-0.25, -0.2) is 17.5 Å². The van der Waals surface area contributed by atoms with E-state index in [-0.39, 0.29) is 23.8 Å². The first-order chi connectivity index (χ1) is 11.6. The summed E-state index contributed by atoms with van der Waals surface area (Å²) in [6, 6.07) is 18.5. The van der Waals surface area contributed by atoms with E-state index in [4.69, 9.17) is 4.74 Å².